The molecule has 0 fully saturated rings. The molecule has 11 heteroatoms. The second-order valence-corrected chi connectivity index (χ2v) is 11.5. The predicted octanol–water partition coefficient (Wildman–Crippen LogP) is 2.46. The number of aliphatic hydroxyl groups is 1. The monoisotopic (exact) mass is 575 g/mol. The van der Waals surface area contributed by atoms with Crippen molar-refractivity contribution in [3.05, 3.63) is 56.9 Å². The molecule has 0 saturated carbocycles. The molecule has 5 N–H and O–H groups in total. The number of cyclic esters (lactones) is 1. The highest BCUT2D eigenvalue weighted by Crippen LogP contribution is 2.40. The number of nitrogens with zero attached hydrogens (tertiary/aromatic N) is 2. The summed E-state index contributed by atoms with van der Waals surface area (Å²) in [6.07, 6.45) is 1.62. The first-order chi connectivity index (χ1) is 19.9. The van der Waals surface area contributed by atoms with E-state index in [-0.39, 0.29) is 47.4 Å². The summed E-state index contributed by atoms with van der Waals surface area (Å²) in [4.78, 5) is 56.2. The number of ether oxygens (including phenoxy) is 1. The molecule has 42 heavy (non-hydrogen) atoms. The fraction of sp³-hybridized carbons (Fsp3) is 0.452. The van der Waals surface area contributed by atoms with Gasteiger partial charge in [-0.2, -0.15) is 0 Å². The van der Waals surface area contributed by atoms with Crippen LogP contribution >= 0.6 is 0 Å². The number of esters is 1. The minimum atomic E-state index is -1.89. The summed E-state index contributed by atoms with van der Waals surface area (Å²) < 4.78 is 6.80. The van der Waals surface area contributed by atoms with E-state index in [1.807, 2.05) is 19.9 Å². The molecule has 0 spiro atoms. The zero-order valence-corrected chi connectivity index (χ0v) is 24.5. The summed E-state index contributed by atoms with van der Waals surface area (Å²) in [5, 5.41) is 17.5. The average molecular weight is 576 g/mol. The van der Waals surface area contributed by atoms with Gasteiger partial charge in [-0.3, -0.25) is 14.4 Å². The van der Waals surface area contributed by atoms with Crippen LogP contribution in [0.3, 0.4) is 0 Å². The molecule has 0 saturated heterocycles. The molecule has 2 aliphatic heterocycles. The van der Waals surface area contributed by atoms with Crippen molar-refractivity contribution in [1.82, 2.24) is 14.9 Å². The Morgan fingerprint density at radius 3 is 2.55 bits per heavy atom. The standard InChI is InChI=1S/C31H37N5O6/c1-6-8-18-19-11-17(34-27(37)16(5)33-28(38)25(32)15(3)4)9-10-23(19)35-26-20(18)13-36-24(26)12-22-21(29(36)39)14-42-30(40)31(22,41)7-2/h9-12,15-16,25,41H,6-8,13-14,32H2,1-5H3,(H,33,38)(H,34,37)/t16-,25-,31-/m0/s1. The molecule has 0 bridgehead atoms. The van der Waals surface area contributed by atoms with Gasteiger partial charge < -0.3 is 30.8 Å². The number of nitrogens with one attached hydrogen (secondary N) is 2. The summed E-state index contributed by atoms with van der Waals surface area (Å²) in [7, 11) is 0. The fourth-order valence-electron chi connectivity index (χ4n) is 5.70. The fourth-order valence-corrected chi connectivity index (χ4v) is 5.70. The molecule has 11 nitrogen and oxygen atoms in total. The van der Waals surface area contributed by atoms with E-state index in [1.54, 1.807) is 36.6 Å². The molecular weight excluding hydrogens is 538 g/mol. The molecule has 1 aromatic carbocycles. The number of carbonyl (C=O) groups excluding carboxylic acids is 3. The van der Waals surface area contributed by atoms with Crippen molar-refractivity contribution in [2.45, 2.75) is 84.7 Å². The van der Waals surface area contributed by atoms with Gasteiger partial charge >= 0.3 is 5.97 Å². The van der Waals surface area contributed by atoms with Gasteiger partial charge in [-0.15, -0.1) is 0 Å². The van der Waals surface area contributed by atoms with Crippen LogP contribution in [0.2, 0.25) is 0 Å². The van der Waals surface area contributed by atoms with Crippen LogP contribution in [-0.4, -0.2) is 44.5 Å². The van der Waals surface area contributed by atoms with Crippen molar-refractivity contribution in [2.75, 3.05) is 5.32 Å². The van der Waals surface area contributed by atoms with Gasteiger partial charge in [-0.05, 0) is 55.5 Å². The van der Waals surface area contributed by atoms with E-state index >= 15 is 0 Å². The van der Waals surface area contributed by atoms with Gasteiger partial charge in [0.25, 0.3) is 5.56 Å². The third-order valence-corrected chi connectivity index (χ3v) is 8.35. The normalized spacial score (nSPS) is 18.6. The van der Waals surface area contributed by atoms with Crippen LogP contribution in [0.15, 0.2) is 29.1 Å². The van der Waals surface area contributed by atoms with Crippen LogP contribution in [-0.2, 0) is 44.3 Å². The van der Waals surface area contributed by atoms with Crippen LogP contribution in [0.25, 0.3) is 22.3 Å². The summed E-state index contributed by atoms with van der Waals surface area (Å²) in [6, 6.07) is 5.61. The Balaban J connectivity index is 1.53. The number of hydrogen-bond donors (Lipinski definition) is 4. The SMILES string of the molecule is CCCc1c2c(nc3ccc(NC(=O)[C@H](C)NC(=O)[C@@H](N)C(C)C)cc13)-c1cc3c(c(=O)n1C2)COC(=O)[C@]3(O)CC. The third-order valence-electron chi connectivity index (χ3n) is 8.35. The highest BCUT2D eigenvalue weighted by atomic mass is 16.6. The molecule has 5 rings (SSSR count). The number of aromatic nitrogens is 2. The minimum absolute atomic E-state index is 0.0620. The maximum atomic E-state index is 13.6. The number of fused-ring (bicyclic) bond motifs is 5. The van der Waals surface area contributed by atoms with Gasteiger partial charge in [-0.1, -0.05) is 34.1 Å². The largest absolute Gasteiger partial charge is 0.458 e. The van der Waals surface area contributed by atoms with Crippen LogP contribution < -0.4 is 21.9 Å². The zero-order chi connectivity index (χ0) is 30.5. The lowest BCUT2D eigenvalue weighted by atomic mass is 9.86. The van der Waals surface area contributed by atoms with Crippen LogP contribution in [0.5, 0.6) is 0 Å². The zero-order valence-electron chi connectivity index (χ0n) is 24.5. The first-order valence-corrected chi connectivity index (χ1v) is 14.4. The second-order valence-electron chi connectivity index (χ2n) is 11.5. The lowest BCUT2D eigenvalue weighted by molar-refractivity contribution is -0.172. The van der Waals surface area contributed by atoms with Gasteiger partial charge in [0.05, 0.1) is 35.1 Å². The van der Waals surface area contributed by atoms with E-state index in [1.165, 1.54) is 0 Å². The lowest BCUT2D eigenvalue weighted by Crippen LogP contribution is -2.50. The summed E-state index contributed by atoms with van der Waals surface area (Å²) in [6.45, 7) is 9.13. The first kappa shape index (κ1) is 29.4. The number of pyridine rings is 2. The number of carbonyl (C=O) groups is 3. The Hall–Kier alpha value is -4.09. The number of rotatable bonds is 8. The van der Waals surface area contributed by atoms with Crippen molar-refractivity contribution in [2.24, 2.45) is 11.7 Å². The molecular formula is C31H37N5O6. The molecule has 3 atom stereocenters. The highest BCUT2D eigenvalue weighted by Gasteiger charge is 2.45. The molecule has 0 aliphatic carbocycles. The van der Waals surface area contributed by atoms with Crippen molar-refractivity contribution >= 4 is 34.4 Å². The van der Waals surface area contributed by atoms with Crippen LogP contribution in [0, 0.1) is 5.92 Å². The molecule has 0 unspecified atom stereocenters. The van der Waals surface area contributed by atoms with E-state index in [4.69, 9.17) is 15.5 Å². The predicted molar refractivity (Wildman–Crippen MR) is 158 cm³/mol. The molecule has 2 aliphatic rings. The summed E-state index contributed by atoms with van der Waals surface area (Å²) in [5.41, 5.74) is 8.58. The Labute approximate surface area is 243 Å². The quantitative estimate of drug-likeness (QED) is 0.233. The van der Waals surface area contributed by atoms with E-state index in [0.717, 1.165) is 22.9 Å². The summed E-state index contributed by atoms with van der Waals surface area (Å²) >= 11 is 0. The van der Waals surface area contributed by atoms with Gasteiger partial charge in [-0.25, -0.2) is 9.78 Å². The lowest BCUT2D eigenvalue weighted by Gasteiger charge is -2.31. The maximum Gasteiger partial charge on any atom is 0.343 e. The Morgan fingerprint density at radius 2 is 1.88 bits per heavy atom. The number of anilines is 1. The van der Waals surface area contributed by atoms with Crippen molar-refractivity contribution in [1.29, 1.82) is 0 Å². The van der Waals surface area contributed by atoms with E-state index in [9.17, 15) is 24.3 Å². The molecule has 0 radical (unpaired) electrons. The summed E-state index contributed by atoms with van der Waals surface area (Å²) in [5.74, 6) is -1.59. The van der Waals surface area contributed by atoms with Crippen molar-refractivity contribution in [3.8, 4) is 11.4 Å². The molecule has 2 aromatic heterocycles. The molecule has 4 heterocycles. The Bertz CT molecular complexity index is 1680. The van der Waals surface area contributed by atoms with Crippen LogP contribution in [0.1, 0.15) is 69.7 Å². The number of benzene rings is 1. The van der Waals surface area contributed by atoms with Crippen molar-refractivity contribution in [3.63, 3.8) is 0 Å². The van der Waals surface area contributed by atoms with E-state index in [2.05, 4.69) is 17.6 Å². The minimum Gasteiger partial charge on any atom is -0.458 e. The Morgan fingerprint density at radius 1 is 1.14 bits per heavy atom. The number of hydrogen-bond acceptors (Lipinski definition) is 8. The molecule has 3 aromatic rings. The number of amides is 2. The van der Waals surface area contributed by atoms with Gasteiger partial charge in [0.2, 0.25) is 11.8 Å². The Kier molecular flexibility index (Phi) is 7.67. The topological polar surface area (TPSA) is 166 Å². The van der Waals surface area contributed by atoms with E-state index in [0.29, 0.717) is 35.6 Å². The highest BCUT2D eigenvalue weighted by molar-refractivity contribution is 6.00. The number of aryl methyl sites for hydroxylation is 1. The maximum absolute atomic E-state index is 13.6. The smallest absolute Gasteiger partial charge is 0.343 e. The molecule has 222 valence electrons. The van der Waals surface area contributed by atoms with Gasteiger partial charge in [0.1, 0.15) is 12.6 Å². The van der Waals surface area contributed by atoms with Crippen molar-refractivity contribution < 1.29 is 24.2 Å². The molecule has 2 amide bonds. The third kappa shape index (κ3) is 4.76. The van der Waals surface area contributed by atoms with E-state index < -0.39 is 23.7 Å². The average Bonchev–Trinajstić information content (AvgIpc) is 3.33. The first-order valence-electron chi connectivity index (χ1n) is 14.4. The second kappa shape index (κ2) is 11.0. The van der Waals surface area contributed by atoms with Gasteiger partial charge in [0, 0.05) is 22.2 Å². The number of nitrogens with two attached hydrogens (primary N) is 1. The van der Waals surface area contributed by atoms with Gasteiger partial charge in [0.15, 0.2) is 5.60 Å². The van der Waals surface area contributed by atoms with Crippen LogP contribution in [0.4, 0.5) is 5.69 Å².